The number of carbonyl (C=O) groups is 3. The Kier molecular flexibility index (Phi) is 16.5. The van der Waals surface area contributed by atoms with Crippen molar-refractivity contribution >= 4 is 68.2 Å². The van der Waals surface area contributed by atoms with Crippen molar-refractivity contribution in [3.05, 3.63) is 87.9 Å². The minimum absolute atomic E-state index is 0.0224. The fourth-order valence-electron chi connectivity index (χ4n) is 11.7. The number of hydrogen-bond donors (Lipinski definition) is 5. The Hall–Kier alpha value is -6.09. The number of anilines is 1. The number of β-amino-alcohol motifs (C(OH)–C–C–N with tert-alkyl or cyclic N) is 1. The van der Waals surface area contributed by atoms with Crippen molar-refractivity contribution < 1.29 is 38.5 Å². The topological polar surface area (TPSA) is 208 Å². The second-order valence-corrected chi connectivity index (χ2v) is 23.8. The number of likely N-dealkylation sites (tertiary alicyclic amines) is 2. The van der Waals surface area contributed by atoms with Crippen molar-refractivity contribution in [1.82, 2.24) is 45.7 Å². The van der Waals surface area contributed by atoms with Gasteiger partial charge in [0.25, 0.3) is 0 Å². The number of piperazine rings is 1. The molecule has 0 aliphatic carbocycles. The number of nitrogens with one attached hydrogen (secondary N) is 3. The average molecular weight is 1110 g/mol. The number of piperidine rings is 1. The molecule has 10 rings (SSSR count). The maximum atomic E-state index is 17.1. The van der Waals surface area contributed by atoms with Gasteiger partial charge in [0.05, 0.1) is 40.2 Å². The number of nitrogens with zero attached hydrogens (tertiary/aromatic N) is 7. The summed E-state index contributed by atoms with van der Waals surface area (Å²) in [4.78, 5) is 67.0. The molecule has 1 unspecified atom stereocenters. The lowest BCUT2D eigenvalue weighted by Gasteiger charge is -2.35. The number of aliphatic hydroxyl groups is 1. The zero-order valence-corrected chi connectivity index (χ0v) is 46.7. The lowest BCUT2D eigenvalue weighted by Crippen LogP contribution is -2.58. The molecule has 3 aromatic carbocycles. The first-order chi connectivity index (χ1) is 37.4. The van der Waals surface area contributed by atoms with Gasteiger partial charge in [0.2, 0.25) is 17.7 Å². The van der Waals surface area contributed by atoms with Crippen LogP contribution in [0.15, 0.2) is 60.2 Å². The van der Waals surface area contributed by atoms with E-state index >= 15 is 4.39 Å². The number of aliphatic hydroxyl groups excluding tert-OH is 1. The number of fused-ring (bicyclic) bond motifs is 4. The number of rotatable bonds is 17. The van der Waals surface area contributed by atoms with E-state index in [1.165, 1.54) is 16.2 Å². The molecule has 20 heteroatoms. The van der Waals surface area contributed by atoms with Gasteiger partial charge in [-0.1, -0.05) is 69.6 Å². The Labute approximate surface area is 463 Å². The monoisotopic (exact) mass is 1100 g/mol. The summed E-state index contributed by atoms with van der Waals surface area (Å²) in [7, 11) is 0. The first kappa shape index (κ1) is 55.2. The number of phenolic OH excluding ortho intramolecular Hbond substituents is 1. The highest BCUT2D eigenvalue weighted by atomic mass is 35.5. The number of halogens is 2. The number of thiazole rings is 1. The molecule has 7 heterocycles. The van der Waals surface area contributed by atoms with Gasteiger partial charge in [0.15, 0.2) is 5.82 Å². The molecule has 78 heavy (non-hydrogen) atoms. The van der Waals surface area contributed by atoms with Gasteiger partial charge in [0.1, 0.15) is 48.1 Å². The van der Waals surface area contributed by atoms with Crippen molar-refractivity contribution in [2.45, 2.75) is 116 Å². The van der Waals surface area contributed by atoms with Crippen LogP contribution < -0.4 is 25.6 Å². The number of aryl methyl sites for hydroxylation is 2. The van der Waals surface area contributed by atoms with Crippen molar-refractivity contribution in [2.24, 2.45) is 11.3 Å². The number of benzene rings is 3. The van der Waals surface area contributed by atoms with Crippen LogP contribution in [0.4, 0.5) is 10.2 Å². The maximum absolute atomic E-state index is 17.1. The van der Waals surface area contributed by atoms with E-state index in [2.05, 4.69) is 40.7 Å². The van der Waals surface area contributed by atoms with E-state index < -0.39 is 53.2 Å². The van der Waals surface area contributed by atoms with Crippen molar-refractivity contribution in [2.75, 3.05) is 64.0 Å². The molecule has 3 aromatic heterocycles. The summed E-state index contributed by atoms with van der Waals surface area (Å²) in [6, 6.07) is 13.1. The predicted octanol–water partition coefficient (Wildman–Crippen LogP) is 7.76. The summed E-state index contributed by atoms with van der Waals surface area (Å²) in [5, 5.41) is 33.8. The van der Waals surface area contributed by atoms with Crippen molar-refractivity contribution in [3.63, 3.8) is 0 Å². The summed E-state index contributed by atoms with van der Waals surface area (Å²) in [6.45, 7) is 15.3. The third-order valence-corrected chi connectivity index (χ3v) is 17.2. The van der Waals surface area contributed by atoms with E-state index in [4.69, 9.17) is 26.1 Å². The first-order valence-corrected chi connectivity index (χ1v) is 28.5. The quantitative estimate of drug-likeness (QED) is 0.0592. The number of aromatic nitrogens is 4. The van der Waals surface area contributed by atoms with Gasteiger partial charge in [-0.2, -0.15) is 9.97 Å². The zero-order chi connectivity index (χ0) is 55.0. The maximum Gasteiger partial charge on any atom is 0.319 e. The molecule has 2 bridgehead atoms. The molecule has 4 aliphatic rings. The summed E-state index contributed by atoms with van der Waals surface area (Å²) in [5.74, 6) is -1.09. The highest BCUT2D eigenvalue weighted by Crippen LogP contribution is 2.40. The van der Waals surface area contributed by atoms with E-state index in [0.29, 0.717) is 47.0 Å². The van der Waals surface area contributed by atoms with E-state index in [1.807, 2.05) is 77.9 Å². The molecule has 4 fully saturated rings. The Bertz CT molecular complexity index is 3190. The van der Waals surface area contributed by atoms with Gasteiger partial charge in [-0.05, 0) is 110 Å². The molecule has 0 radical (unpaired) electrons. The van der Waals surface area contributed by atoms with Gasteiger partial charge in [-0.25, -0.2) is 9.37 Å². The van der Waals surface area contributed by atoms with Crippen LogP contribution >= 0.6 is 22.9 Å². The molecular formula is C58H70ClFN10O7S. The number of pyridine rings is 1. The average Bonchev–Trinajstić information content (AvgIpc) is 4.27. The van der Waals surface area contributed by atoms with Gasteiger partial charge < -0.3 is 45.4 Å². The highest BCUT2D eigenvalue weighted by molar-refractivity contribution is 7.13. The number of ether oxygens (including phenoxy) is 2. The van der Waals surface area contributed by atoms with Crippen LogP contribution in [0.25, 0.3) is 43.4 Å². The number of amides is 3. The van der Waals surface area contributed by atoms with Gasteiger partial charge in [-0.3, -0.25) is 24.3 Å². The molecule has 5 N–H and O–H groups in total. The lowest BCUT2D eigenvalue weighted by atomic mass is 9.85. The molecule has 3 amide bonds. The summed E-state index contributed by atoms with van der Waals surface area (Å²) >= 11 is 8.20. The minimum Gasteiger partial charge on any atom is -0.508 e. The van der Waals surface area contributed by atoms with Crippen molar-refractivity contribution in [1.29, 1.82) is 0 Å². The highest BCUT2D eigenvalue weighted by Gasteiger charge is 2.45. The normalized spacial score (nSPS) is 20.8. The zero-order valence-electron chi connectivity index (χ0n) is 45.2. The molecule has 4 aliphatic heterocycles. The van der Waals surface area contributed by atoms with E-state index in [9.17, 15) is 24.6 Å². The molecule has 414 valence electrons. The number of aromatic hydroxyl groups is 1. The van der Waals surface area contributed by atoms with Crippen molar-refractivity contribution in [3.8, 4) is 33.5 Å². The predicted molar refractivity (Wildman–Crippen MR) is 300 cm³/mol. The first-order valence-electron chi connectivity index (χ1n) is 27.3. The standard InChI is InChI=1S/C58H70ClFN10O7S/c1-7-35-9-8-10-37-21-40(71)23-43(48(35)37)50-49(60)51-44(25-61-50)54(69-26-38-12-13-39(27-69)64-38)67-57(66-51)77-20-19-68-17-15-34(16-18-68)29-76-30-47(73)65-53(58(4,5)6)56(75)70-28-41(72)24-46(70)55(74)63-32(2)36-11-14-42(45(59)22-36)52-33(3)62-31-78-52/h8-11,14,21-23,25,31-32,34,38-39,41,46,53,64,71-72H,7,12-13,15-20,24,26-30H2,1-6H3,(H,63,74)(H,65,73)/t32-,38-,39+,41+,46-,53?/m0/s1. The van der Waals surface area contributed by atoms with E-state index in [0.717, 1.165) is 96.3 Å². The molecule has 4 saturated heterocycles. The van der Waals surface area contributed by atoms with Gasteiger partial charge in [0, 0.05) is 67.0 Å². The number of carbonyl (C=O) groups excluding carboxylic acids is 3. The molecule has 6 aromatic rings. The van der Waals surface area contributed by atoms with Crippen LogP contribution in [0.1, 0.15) is 89.6 Å². The van der Waals surface area contributed by atoms with Crippen LogP contribution in [-0.2, 0) is 25.5 Å². The third-order valence-electron chi connectivity index (χ3n) is 15.9. The fraction of sp³-hybridized carbons (Fsp3) is 0.500. The van der Waals surface area contributed by atoms with Crippen LogP contribution in [0.5, 0.6) is 11.8 Å². The number of phenols is 1. The van der Waals surface area contributed by atoms with Crippen LogP contribution in [0.3, 0.4) is 0 Å². The molecule has 6 atom stereocenters. The largest absolute Gasteiger partial charge is 0.508 e. The molecule has 17 nitrogen and oxygen atoms in total. The second kappa shape index (κ2) is 23.3. The Morgan fingerprint density at radius 3 is 2.46 bits per heavy atom. The Morgan fingerprint density at radius 1 is 0.987 bits per heavy atom. The minimum atomic E-state index is -0.990. The fourth-order valence-corrected chi connectivity index (χ4v) is 12.9. The molecule has 0 spiro atoms. The summed E-state index contributed by atoms with van der Waals surface area (Å²) in [6.07, 6.45) is 5.32. The Morgan fingerprint density at radius 2 is 1.76 bits per heavy atom. The molecule has 0 saturated carbocycles. The van der Waals surface area contributed by atoms with Crippen LogP contribution in [0.2, 0.25) is 5.02 Å². The van der Waals surface area contributed by atoms with Gasteiger partial charge in [-0.15, -0.1) is 11.3 Å². The lowest BCUT2D eigenvalue weighted by molar-refractivity contribution is -0.144. The molecular weight excluding hydrogens is 1040 g/mol. The van der Waals surface area contributed by atoms with E-state index in [-0.39, 0.29) is 55.1 Å². The van der Waals surface area contributed by atoms with Crippen LogP contribution in [-0.4, -0.2) is 147 Å². The van der Waals surface area contributed by atoms with Crippen LogP contribution in [0, 0.1) is 24.1 Å². The summed E-state index contributed by atoms with van der Waals surface area (Å²) in [5.41, 5.74) is 5.31. The second-order valence-electron chi connectivity index (χ2n) is 22.6. The van der Waals surface area contributed by atoms with E-state index in [1.54, 1.807) is 23.8 Å². The third kappa shape index (κ3) is 11.9. The summed E-state index contributed by atoms with van der Waals surface area (Å²) < 4.78 is 29.3. The van der Waals surface area contributed by atoms with Gasteiger partial charge >= 0.3 is 6.01 Å². The smallest absolute Gasteiger partial charge is 0.319 e. The number of hydrogen-bond acceptors (Lipinski definition) is 15. The Balaban J connectivity index is 0.723. The SMILES string of the molecule is CCc1cccc2cc(O)cc(-c3ncc4c(N5C[C@H]6CC[C@@H](C5)N6)nc(OCCN5CCC(COCC(=O)NC(C(=O)N6C[C@H](O)C[C@H]6C(=O)N[C@@H](C)c6ccc(-c7scnc7C)c(Cl)c6)C(C)(C)C)CC5)nc4c3F)c12.